The molecule has 0 radical (unpaired) electrons. The van der Waals surface area contributed by atoms with Crippen molar-refractivity contribution in [2.45, 2.75) is 76.9 Å². The van der Waals surface area contributed by atoms with Crippen molar-refractivity contribution in [3.63, 3.8) is 0 Å². The molecule has 0 aromatic heterocycles. The molecule has 0 bridgehead atoms. The molecule has 0 aliphatic rings. The highest BCUT2D eigenvalue weighted by molar-refractivity contribution is 7.81. The van der Waals surface area contributed by atoms with Crippen LogP contribution < -0.4 is 0 Å². The van der Waals surface area contributed by atoms with Crippen molar-refractivity contribution in [2.75, 3.05) is 6.61 Å². The first kappa shape index (κ1) is 16.8. The molecule has 0 aliphatic carbocycles. The minimum atomic E-state index is -0.0573. The molecule has 2 nitrogen and oxygen atoms in total. The van der Waals surface area contributed by atoms with Gasteiger partial charge < -0.3 is 4.74 Å². The van der Waals surface area contributed by atoms with Crippen LogP contribution in [-0.2, 0) is 9.53 Å². The number of hydrogen-bond donors (Lipinski definition) is 1. The van der Waals surface area contributed by atoms with E-state index in [9.17, 15) is 4.79 Å². The van der Waals surface area contributed by atoms with Crippen molar-refractivity contribution < 1.29 is 9.53 Å². The van der Waals surface area contributed by atoms with Crippen LogP contribution in [0.1, 0.15) is 72.1 Å². The zero-order valence-electron chi connectivity index (χ0n) is 11.6. The van der Waals surface area contributed by atoms with Gasteiger partial charge in [0.15, 0.2) is 0 Å². The fraction of sp³-hybridized carbons (Fsp3) is 0.929. The number of esters is 1. The quantitative estimate of drug-likeness (QED) is 0.358. The van der Waals surface area contributed by atoms with Gasteiger partial charge in [0.2, 0.25) is 0 Å². The predicted octanol–water partition coefficient (Wildman–Crippen LogP) is 4.38. The maximum absolute atomic E-state index is 11.4. The van der Waals surface area contributed by atoms with Gasteiger partial charge in [0.05, 0.1) is 6.61 Å². The SMILES string of the molecule is CCCCCCCCC(=O)OCCC(C)(C)S. The number of rotatable bonds is 10. The smallest absolute Gasteiger partial charge is 0.305 e. The van der Waals surface area contributed by atoms with E-state index < -0.39 is 0 Å². The molecular weight excluding hydrogens is 232 g/mol. The third-order valence-corrected chi connectivity index (χ3v) is 2.93. The standard InChI is InChI=1S/C14H28O2S/c1-4-5-6-7-8-9-10-13(15)16-12-11-14(2,3)17/h17H,4-12H2,1-3H3. The van der Waals surface area contributed by atoms with E-state index in [-0.39, 0.29) is 10.7 Å². The molecule has 0 rings (SSSR count). The Labute approximate surface area is 112 Å². The zero-order chi connectivity index (χ0) is 13.1. The maximum atomic E-state index is 11.4. The molecule has 0 amide bonds. The third kappa shape index (κ3) is 13.8. The van der Waals surface area contributed by atoms with Crippen LogP contribution in [0.3, 0.4) is 0 Å². The van der Waals surface area contributed by atoms with E-state index >= 15 is 0 Å². The van der Waals surface area contributed by atoms with Crippen LogP contribution in [0.15, 0.2) is 0 Å². The molecule has 0 aromatic carbocycles. The second-order valence-electron chi connectivity index (χ2n) is 5.30. The Morgan fingerprint density at radius 2 is 1.71 bits per heavy atom. The van der Waals surface area contributed by atoms with Crippen molar-refractivity contribution in [3.05, 3.63) is 0 Å². The third-order valence-electron chi connectivity index (χ3n) is 2.71. The van der Waals surface area contributed by atoms with Gasteiger partial charge in [0.1, 0.15) is 0 Å². The van der Waals surface area contributed by atoms with Crippen molar-refractivity contribution in [1.29, 1.82) is 0 Å². The van der Waals surface area contributed by atoms with Gasteiger partial charge in [-0.15, -0.1) is 0 Å². The molecule has 0 fully saturated rings. The lowest BCUT2D eigenvalue weighted by atomic mass is 10.1. The largest absolute Gasteiger partial charge is 0.466 e. The van der Waals surface area contributed by atoms with E-state index in [0.717, 1.165) is 19.3 Å². The lowest BCUT2D eigenvalue weighted by Crippen LogP contribution is -2.16. The molecular formula is C14H28O2S. The number of unbranched alkanes of at least 4 members (excludes halogenated alkanes) is 5. The van der Waals surface area contributed by atoms with E-state index in [1.807, 2.05) is 13.8 Å². The Balaban J connectivity index is 3.29. The molecule has 0 saturated carbocycles. The lowest BCUT2D eigenvalue weighted by molar-refractivity contribution is -0.144. The van der Waals surface area contributed by atoms with E-state index in [0.29, 0.717) is 13.0 Å². The summed E-state index contributed by atoms with van der Waals surface area (Å²) in [5, 5.41) is 0. The van der Waals surface area contributed by atoms with Crippen LogP contribution >= 0.6 is 12.6 Å². The van der Waals surface area contributed by atoms with Gasteiger partial charge in [-0.25, -0.2) is 0 Å². The molecule has 17 heavy (non-hydrogen) atoms. The summed E-state index contributed by atoms with van der Waals surface area (Å²) >= 11 is 4.38. The molecule has 0 N–H and O–H groups in total. The average Bonchev–Trinajstić information content (AvgIpc) is 2.21. The molecule has 0 heterocycles. The van der Waals surface area contributed by atoms with Gasteiger partial charge in [-0.3, -0.25) is 4.79 Å². The normalized spacial score (nSPS) is 11.5. The fourth-order valence-corrected chi connectivity index (χ4v) is 1.63. The van der Waals surface area contributed by atoms with Crippen molar-refractivity contribution in [3.8, 4) is 0 Å². The Morgan fingerprint density at radius 1 is 1.12 bits per heavy atom. The van der Waals surface area contributed by atoms with Crippen LogP contribution in [0.4, 0.5) is 0 Å². The van der Waals surface area contributed by atoms with E-state index in [1.54, 1.807) is 0 Å². The number of carbonyl (C=O) groups is 1. The molecule has 0 aromatic rings. The van der Waals surface area contributed by atoms with Gasteiger partial charge in [0, 0.05) is 11.2 Å². The van der Waals surface area contributed by atoms with Crippen LogP contribution in [0.25, 0.3) is 0 Å². The van der Waals surface area contributed by atoms with Gasteiger partial charge in [-0.1, -0.05) is 52.9 Å². The van der Waals surface area contributed by atoms with E-state index in [4.69, 9.17) is 4.74 Å². The summed E-state index contributed by atoms with van der Waals surface area (Å²) in [6.45, 7) is 6.75. The molecule has 0 aliphatic heterocycles. The molecule has 3 heteroatoms. The van der Waals surface area contributed by atoms with Gasteiger partial charge in [0.25, 0.3) is 0 Å². The minimum Gasteiger partial charge on any atom is -0.466 e. The summed E-state index contributed by atoms with van der Waals surface area (Å²) in [7, 11) is 0. The van der Waals surface area contributed by atoms with Crippen LogP contribution in [0.2, 0.25) is 0 Å². The molecule has 0 atom stereocenters. The fourth-order valence-electron chi connectivity index (χ4n) is 1.54. The zero-order valence-corrected chi connectivity index (χ0v) is 12.5. The second-order valence-corrected chi connectivity index (χ2v) is 6.51. The highest BCUT2D eigenvalue weighted by Gasteiger charge is 2.12. The summed E-state index contributed by atoms with van der Waals surface area (Å²) in [4.78, 5) is 11.4. The molecule has 0 saturated heterocycles. The van der Waals surface area contributed by atoms with E-state index in [2.05, 4.69) is 19.6 Å². The summed E-state index contributed by atoms with van der Waals surface area (Å²) in [5.41, 5.74) is 0. The molecule has 0 spiro atoms. The van der Waals surface area contributed by atoms with Crippen molar-refractivity contribution in [2.24, 2.45) is 0 Å². The monoisotopic (exact) mass is 260 g/mol. The van der Waals surface area contributed by atoms with Crippen LogP contribution in [0.5, 0.6) is 0 Å². The lowest BCUT2D eigenvalue weighted by Gasteiger charge is -2.16. The average molecular weight is 260 g/mol. The van der Waals surface area contributed by atoms with Crippen molar-refractivity contribution >= 4 is 18.6 Å². The first-order valence-electron chi connectivity index (χ1n) is 6.83. The van der Waals surface area contributed by atoms with E-state index in [1.165, 1.54) is 25.7 Å². The molecule has 0 unspecified atom stereocenters. The predicted molar refractivity (Wildman–Crippen MR) is 76.6 cm³/mol. The Bertz CT molecular complexity index is 197. The van der Waals surface area contributed by atoms with Gasteiger partial charge >= 0.3 is 5.97 Å². The van der Waals surface area contributed by atoms with Gasteiger partial charge in [-0.05, 0) is 12.8 Å². The maximum Gasteiger partial charge on any atom is 0.305 e. The Hall–Kier alpha value is -0.180. The number of hydrogen-bond acceptors (Lipinski definition) is 3. The van der Waals surface area contributed by atoms with Gasteiger partial charge in [-0.2, -0.15) is 12.6 Å². The first-order valence-corrected chi connectivity index (χ1v) is 7.28. The first-order chi connectivity index (χ1) is 7.95. The topological polar surface area (TPSA) is 26.3 Å². The molecule has 102 valence electrons. The minimum absolute atomic E-state index is 0.0551. The number of thiol groups is 1. The summed E-state index contributed by atoms with van der Waals surface area (Å²) in [6, 6.07) is 0. The van der Waals surface area contributed by atoms with Crippen LogP contribution in [0, 0.1) is 0 Å². The second kappa shape index (κ2) is 9.81. The Morgan fingerprint density at radius 3 is 2.29 bits per heavy atom. The summed E-state index contributed by atoms with van der Waals surface area (Å²) in [6.07, 6.45) is 8.59. The summed E-state index contributed by atoms with van der Waals surface area (Å²) < 4.78 is 5.10. The van der Waals surface area contributed by atoms with Crippen LogP contribution in [-0.4, -0.2) is 17.3 Å². The number of ether oxygens (including phenoxy) is 1. The summed E-state index contributed by atoms with van der Waals surface area (Å²) in [5.74, 6) is -0.0573. The Kier molecular flexibility index (Phi) is 9.71. The number of carbonyl (C=O) groups excluding carboxylic acids is 1. The highest BCUT2D eigenvalue weighted by atomic mass is 32.1. The highest BCUT2D eigenvalue weighted by Crippen LogP contribution is 2.16. The van der Waals surface area contributed by atoms with Crippen molar-refractivity contribution in [1.82, 2.24) is 0 Å².